The Morgan fingerprint density at radius 1 is 1.33 bits per heavy atom. The van der Waals surface area contributed by atoms with Gasteiger partial charge in [-0.05, 0) is 55.9 Å². The second kappa shape index (κ2) is 6.06. The molecule has 1 amide bonds. The van der Waals surface area contributed by atoms with Crippen LogP contribution in [0.4, 0.5) is 5.69 Å². The Morgan fingerprint density at radius 2 is 2.14 bits per heavy atom. The highest BCUT2D eigenvalue weighted by Gasteiger charge is 2.30. The summed E-state index contributed by atoms with van der Waals surface area (Å²) in [5, 5.41) is 6.34. The van der Waals surface area contributed by atoms with E-state index >= 15 is 0 Å². The molecule has 1 aliphatic heterocycles. The van der Waals surface area contributed by atoms with Gasteiger partial charge in [-0.3, -0.25) is 4.79 Å². The smallest absolute Gasteiger partial charge is 0.242 e. The number of aryl methyl sites for hydroxylation is 1. The molecule has 0 radical (unpaired) electrons. The molecule has 114 valence electrons. The normalized spacial score (nSPS) is 21.6. The highest BCUT2D eigenvalue weighted by molar-refractivity contribution is 5.85. The van der Waals surface area contributed by atoms with Gasteiger partial charge in [0, 0.05) is 31.9 Å². The molecule has 0 spiro atoms. The van der Waals surface area contributed by atoms with Crippen molar-refractivity contribution < 1.29 is 4.79 Å². The fraction of sp³-hybridized carbons (Fsp3) is 0.588. The lowest BCUT2D eigenvalue weighted by atomic mass is 10.1. The molecule has 2 fully saturated rings. The third kappa shape index (κ3) is 3.21. The van der Waals surface area contributed by atoms with Crippen molar-refractivity contribution in [2.24, 2.45) is 0 Å². The third-order valence-corrected chi connectivity index (χ3v) is 4.62. The third-order valence-electron chi connectivity index (χ3n) is 4.62. The number of rotatable bonds is 5. The number of benzene rings is 1. The van der Waals surface area contributed by atoms with Gasteiger partial charge in [-0.1, -0.05) is 6.07 Å². The molecule has 2 N–H and O–H groups in total. The monoisotopic (exact) mass is 287 g/mol. The molecule has 1 aromatic carbocycles. The molecule has 1 unspecified atom stereocenters. The highest BCUT2D eigenvalue weighted by atomic mass is 16.2. The van der Waals surface area contributed by atoms with E-state index in [4.69, 9.17) is 0 Å². The average Bonchev–Trinajstić information content (AvgIpc) is 3.19. The van der Waals surface area contributed by atoms with Crippen molar-refractivity contribution >= 4 is 11.6 Å². The molecule has 4 nitrogen and oxygen atoms in total. The number of anilines is 1. The Bertz CT molecular complexity index is 525. The molecule has 1 aliphatic carbocycles. The Hall–Kier alpha value is -1.55. The van der Waals surface area contributed by atoms with Crippen molar-refractivity contribution in [1.29, 1.82) is 0 Å². The first kappa shape index (κ1) is 14.4. The van der Waals surface area contributed by atoms with E-state index in [0.29, 0.717) is 0 Å². The van der Waals surface area contributed by atoms with E-state index in [-0.39, 0.29) is 11.9 Å². The average molecular weight is 287 g/mol. The van der Waals surface area contributed by atoms with Crippen molar-refractivity contribution in [2.75, 3.05) is 18.5 Å². The van der Waals surface area contributed by atoms with Gasteiger partial charge in [-0.25, -0.2) is 0 Å². The van der Waals surface area contributed by atoms with E-state index in [1.54, 1.807) is 7.05 Å². The first-order chi connectivity index (χ1) is 10.2. The molecule has 0 aromatic heterocycles. The largest absolute Gasteiger partial charge is 0.360 e. The van der Waals surface area contributed by atoms with Crippen molar-refractivity contribution in [3.63, 3.8) is 0 Å². The lowest BCUT2D eigenvalue weighted by Gasteiger charge is -2.26. The zero-order chi connectivity index (χ0) is 14.8. The Kier molecular flexibility index (Phi) is 4.15. The molecule has 1 aromatic rings. The van der Waals surface area contributed by atoms with E-state index in [0.717, 1.165) is 32.0 Å². The van der Waals surface area contributed by atoms with Gasteiger partial charge in [0.25, 0.3) is 0 Å². The van der Waals surface area contributed by atoms with Crippen LogP contribution in [0, 0.1) is 6.92 Å². The van der Waals surface area contributed by atoms with Gasteiger partial charge in [-0.2, -0.15) is 0 Å². The molecule has 21 heavy (non-hydrogen) atoms. The number of carbonyl (C=O) groups excluding carboxylic acids is 1. The quantitative estimate of drug-likeness (QED) is 0.870. The Morgan fingerprint density at radius 3 is 2.81 bits per heavy atom. The lowest BCUT2D eigenvalue weighted by Crippen LogP contribution is -2.42. The number of carbonyl (C=O) groups is 1. The highest BCUT2D eigenvalue weighted by Crippen LogP contribution is 2.28. The molecular formula is C17H25N3O. The lowest BCUT2D eigenvalue weighted by molar-refractivity contribution is -0.121. The van der Waals surface area contributed by atoms with E-state index in [2.05, 4.69) is 40.7 Å². The van der Waals surface area contributed by atoms with Crippen LogP contribution in [0.2, 0.25) is 0 Å². The SMILES string of the molecule is CNC(=O)C1CCCN1c1ccc(CNC2CC2)c(C)c1. The summed E-state index contributed by atoms with van der Waals surface area (Å²) in [6.45, 7) is 4.09. The van der Waals surface area contributed by atoms with Gasteiger partial charge in [0.05, 0.1) is 0 Å². The van der Waals surface area contributed by atoms with Gasteiger partial charge in [0.15, 0.2) is 0 Å². The van der Waals surface area contributed by atoms with E-state index in [9.17, 15) is 4.79 Å². The minimum absolute atomic E-state index is 0.00941. The molecular weight excluding hydrogens is 262 g/mol. The summed E-state index contributed by atoms with van der Waals surface area (Å²) in [7, 11) is 1.72. The van der Waals surface area contributed by atoms with Crippen molar-refractivity contribution in [1.82, 2.24) is 10.6 Å². The summed E-state index contributed by atoms with van der Waals surface area (Å²) in [5.74, 6) is 0.129. The van der Waals surface area contributed by atoms with Crippen molar-refractivity contribution in [3.8, 4) is 0 Å². The molecule has 1 saturated heterocycles. The number of nitrogens with zero attached hydrogens (tertiary/aromatic N) is 1. The van der Waals surface area contributed by atoms with Gasteiger partial charge in [-0.15, -0.1) is 0 Å². The standard InChI is InChI=1S/C17H25N3O/c1-12-10-15(8-5-13(12)11-19-14-6-7-14)20-9-3-4-16(20)17(21)18-2/h5,8,10,14,16,19H,3-4,6-7,9,11H2,1-2H3,(H,18,21). The summed E-state index contributed by atoms with van der Waals surface area (Å²) in [4.78, 5) is 14.2. The van der Waals surface area contributed by atoms with E-state index < -0.39 is 0 Å². The van der Waals surface area contributed by atoms with Crippen LogP contribution >= 0.6 is 0 Å². The summed E-state index contributed by atoms with van der Waals surface area (Å²) >= 11 is 0. The summed E-state index contributed by atoms with van der Waals surface area (Å²) in [5.41, 5.74) is 3.85. The van der Waals surface area contributed by atoms with E-state index in [1.165, 1.54) is 29.7 Å². The van der Waals surface area contributed by atoms with Gasteiger partial charge in [0.1, 0.15) is 6.04 Å². The van der Waals surface area contributed by atoms with Gasteiger partial charge < -0.3 is 15.5 Å². The maximum Gasteiger partial charge on any atom is 0.242 e. The second-order valence-corrected chi connectivity index (χ2v) is 6.23. The fourth-order valence-electron chi connectivity index (χ4n) is 3.11. The minimum Gasteiger partial charge on any atom is -0.360 e. The van der Waals surface area contributed by atoms with Crippen LogP contribution in [0.15, 0.2) is 18.2 Å². The molecule has 0 bridgehead atoms. The molecule has 2 aliphatic rings. The van der Waals surface area contributed by atoms with Crippen molar-refractivity contribution in [2.45, 2.75) is 51.2 Å². The van der Waals surface area contributed by atoms with E-state index in [1.807, 2.05) is 0 Å². The second-order valence-electron chi connectivity index (χ2n) is 6.23. The summed E-state index contributed by atoms with van der Waals surface area (Å²) in [6, 6.07) is 7.33. The van der Waals surface area contributed by atoms with Crippen LogP contribution in [0.3, 0.4) is 0 Å². The van der Waals surface area contributed by atoms with Gasteiger partial charge in [0.2, 0.25) is 5.91 Å². The maximum atomic E-state index is 12.0. The van der Waals surface area contributed by atoms with Crippen molar-refractivity contribution in [3.05, 3.63) is 29.3 Å². The Labute approximate surface area is 126 Å². The maximum absolute atomic E-state index is 12.0. The van der Waals surface area contributed by atoms with Crippen LogP contribution in [-0.2, 0) is 11.3 Å². The first-order valence-corrected chi connectivity index (χ1v) is 8.00. The zero-order valence-electron chi connectivity index (χ0n) is 13.0. The molecule has 1 saturated carbocycles. The molecule has 1 heterocycles. The molecule has 3 rings (SSSR count). The fourth-order valence-corrected chi connectivity index (χ4v) is 3.11. The topological polar surface area (TPSA) is 44.4 Å². The summed E-state index contributed by atoms with van der Waals surface area (Å²) in [6.07, 6.45) is 4.67. The zero-order valence-corrected chi connectivity index (χ0v) is 13.0. The predicted molar refractivity (Wildman–Crippen MR) is 85.5 cm³/mol. The van der Waals surface area contributed by atoms with Crippen LogP contribution in [0.25, 0.3) is 0 Å². The number of amides is 1. The minimum atomic E-state index is -0.00941. The number of hydrogen-bond acceptors (Lipinski definition) is 3. The van der Waals surface area contributed by atoms with Gasteiger partial charge >= 0.3 is 0 Å². The van der Waals surface area contributed by atoms with Crippen LogP contribution in [0.1, 0.15) is 36.8 Å². The number of hydrogen-bond donors (Lipinski definition) is 2. The van der Waals surface area contributed by atoms with Crippen LogP contribution in [0.5, 0.6) is 0 Å². The first-order valence-electron chi connectivity index (χ1n) is 8.00. The molecule has 4 heteroatoms. The van der Waals surface area contributed by atoms with Crippen LogP contribution < -0.4 is 15.5 Å². The summed E-state index contributed by atoms with van der Waals surface area (Å²) < 4.78 is 0. The number of likely N-dealkylation sites (N-methyl/N-ethyl adjacent to an activating group) is 1. The Balaban J connectivity index is 1.72. The number of nitrogens with one attached hydrogen (secondary N) is 2. The van der Waals surface area contributed by atoms with Crippen LogP contribution in [-0.4, -0.2) is 31.6 Å². The predicted octanol–water partition coefficient (Wildman–Crippen LogP) is 1.96. The molecule has 1 atom stereocenters.